The number of hydrogen-bond acceptors (Lipinski definition) is 2. The van der Waals surface area contributed by atoms with Crippen molar-refractivity contribution < 1.29 is 0 Å². The summed E-state index contributed by atoms with van der Waals surface area (Å²) >= 11 is 3.59. The predicted octanol–water partition coefficient (Wildman–Crippen LogP) is 3.21. The minimum absolute atomic E-state index is 0.734. The normalized spacial score (nSPS) is 18.7. The molecule has 0 saturated carbocycles. The third-order valence-corrected chi connectivity index (χ3v) is 4.36. The van der Waals surface area contributed by atoms with Gasteiger partial charge in [0.2, 0.25) is 0 Å². The van der Waals surface area contributed by atoms with Crippen LogP contribution in [0.4, 0.5) is 0 Å². The van der Waals surface area contributed by atoms with Crippen molar-refractivity contribution in [3.05, 3.63) is 46.0 Å². The Morgan fingerprint density at radius 3 is 3.00 bits per heavy atom. The van der Waals surface area contributed by atoms with Crippen LogP contribution in [-0.4, -0.2) is 14.8 Å². The lowest BCUT2D eigenvalue weighted by Gasteiger charge is -2.20. The first-order valence-electron chi connectivity index (χ1n) is 6.38. The van der Waals surface area contributed by atoms with Gasteiger partial charge in [0.25, 0.3) is 0 Å². The van der Waals surface area contributed by atoms with E-state index < -0.39 is 0 Å². The van der Waals surface area contributed by atoms with Crippen molar-refractivity contribution in [1.82, 2.24) is 14.8 Å². The maximum absolute atomic E-state index is 4.36. The molecule has 0 bridgehead atoms. The molecule has 0 N–H and O–H groups in total. The fourth-order valence-corrected chi connectivity index (χ4v) is 2.91. The third-order valence-electron chi connectivity index (χ3n) is 3.59. The van der Waals surface area contributed by atoms with Crippen molar-refractivity contribution in [2.45, 2.75) is 32.7 Å². The quantitative estimate of drug-likeness (QED) is 0.853. The lowest BCUT2D eigenvalue weighted by molar-refractivity contribution is 0.404. The summed E-state index contributed by atoms with van der Waals surface area (Å²) in [4.78, 5) is 0. The Morgan fingerprint density at radius 2 is 2.17 bits per heavy atom. The maximum atomic E-state index is 4.36. The van der Waals surface area contributed by atoms with Crippen molar-refractivity contribution >= 4 is 15.9 Å². The van der Waals surface area contributed by atoms with Gasteiger partial charge in [-0.05, 0) is 24.0 Å². The molecule has 0 radical (unpaired) electrons. The average molecular weight is 306 g/mol. The van der Waals surface area contributed by atoms with E-state index in [0.29, 0.717) is 0 Å². The zero-order valence-electron chi connectivity index (χ0n) is 10.4. The minimum atomic E-state index is 0.734. The zero-order chi connectivity index (χ0) is 12.5. The summed E-state index contributed by atoms with van der Waals surface area (Å²) in [5.41, 5.74) is 1.27. The lowest BCUT2D eigenvalue weighted by atomic mass is 10.00. The summed E-state index contributed by atoms with van der Waals surface area (Å²) in [7, 11) is 0. The molecule has 3 rings (SSSR count). The molecule has 1 aliphatic heterocycles. The molecule has 18 heavy (non-hydrogen) atoms. The van der Waals surface area contributed by atoms with Crippen molar-refractivity contribution in [3.8, 4) is 0 Å². The van der Waals surface area contributed by atoms with Gasteiger partial charge in [-0.1, -0.05) is 41.1 Å². The molecule has 0 aliphatic carbocycles. The SMILES string of the molecule is CC1CCn2c(Cc3ccccc3Br)nnc2C1. The van der Waals surface area contributed by atoms with Gasteiger partial charge in [-0.15, -0.1) is 10.2 Å². The van der Waals surface area contributed by atoms with E-state index in [1.807, 2.05) is 6.07 Å². The van der Waals surface area contributed by atoms with E-state index in [2.05, 4.69) is 55.8 Å². The van der Waals surface area contributed by atoms with E-state index in [1.165, 1.54) is 12.0 Å². The molecule has 2 aromatic rings. The number of aromatic nitrogens is 3. The highest BCUT2D eigenvalue weighted by atomic mass is 79.9. The van der Waals surface area contributed by atoms with Crippen LogP contribution >= 0.6 is 15.9 Å². The van der Waals surface area contributed by atoms with Crippen LogP contribution in [0.15, 0.2) is 28.7 Å². The predicted molar refractivity (Wildman–Crippen MR) is 74.5 cm³/mol. The number of fused-ring (bicyclic) bond motifs is 1. The molecule has 0 fully saturated rings. The van der Waals surface area contributed by atoms with E-state index in [9.17, 15) is 0 Å². The van der Waals surface area contributed by atoms with E-state index in [0.717, 1.165) is 41.4 Å². The largest absolute Gasteiger partial charge is 0.315 e. The van der Waals surface area contributed by atoms with Crippen LogP contribution in [0.25, 0.3) is 0 Å². The number of rotatable bonds is 2. The second-order valence-corrected chi connectivity index (χ2v) is 5.90. The van der Waals surface area contributed by atoms with Gasteiger partial charge in [-0.2, -0.15) is 0 Å². The first-order valence-corrected chi connectivity index (χ1v) is 7.17. The number of halogens is 1. The summed E-state index contributed by atoms with van der Waals surface area (Å²) in [6.07, 6.45) is 3.14. The van der Waals surface area contributed by atoms with E-state index in [4.69, 9.17) is 0 Å². The summed E-state index contributed by atoms with van der Waals surface area (Å²) in [5, 5.41) is 8.69. The third kappa shape index (κ3) is 2.21. The molecular weight excluding hydrogens is 290 g/mol. The Labute approximate surface area is 115 Å². The van der Waals surface area contributed by atoms with Gasteiger partial charge in [0, 0.05) is 23.9 Å². The van der Waals surface area contributed by atoms with Crippen LogP contribution in [0.1, 0.15) is 30.6 Å². The standard InChI is InChI=1S/C14H16BrN3/c1-10-6-7-18-13(8-10)16-17-14(18)9-11-4-2-3-5-12(11)15/h2-5,10H,6-9H2,1H3. The highest BCUT2D eigenvalue weighted by Crippen LogP contribution is 2.23. The number of benzene rings is 1. The molecule has 1 aromatic heterocycles. The summed E-state index contributed by atoms with van der Waals surface area (Å²) in [6, 6.07) is 8.31. The van der Waals surface area contributed by atoms with E-state index in [1.54, 1.807) is 0 Å². The van der Waals surface area contributed by atoms with Crippen molar-refractivity contribution in [2.75, 3.05) is 0 Å². The van der Waals surface area contributed by atoms with Gasteiger partial charge in [-0.25, -0.2) is 0 Å². The van der Waals surface area contributed by atoms with Crippen LogP contribution in [0.2, 0.25) is 0 Å². The van der Waals surface area contributed by atoms with Crippen molar-refractivity contribution in [1.29, 1.82) is 0 Å². The number of hydrogen-bond donors (Lipinski definition) is 0. The fraction of sp³-hybridized carbons (Fsp3) is 0.429. The van der Waals surface area contributed by atoms with Crippen LogP contribution in [0.5, 0.6) is 0 Å². The molecule has 1 atom stereocenters. The smallest absolute Gasteiger partial charge is 0.137 e. The monoisotopic (exact) mass is 305 g/mol. The highest BCUT2D eigenvalue weighted by Gasteiger charge is 2.20. The van der Waals surface area contributed by atoms with Crippen LogP contribution in [-0.2, 0) is 19.4 Å². The van der Waals surface area contributed by atoms with Crippen LogP contribution in [0.3, 0.4) is 0 Å². The molecule has 1 aromatic carbocycles. The topological polar surface area (TPSA) is 30.7 Å². The van der Waals surface area contributed by atoms with Gasteiger partial charge in [0.05, 0.1) is 0 Å². The van der Waals surface area contributed by atoms with Crippen molar-refractivity contribution in [3.63, 3.8) is 0 Å². The van der Waals surface area contributed by atoms with Crippen LogP contribution < -0.4 is 0 Å². The molecule has 4 heteroatoms. The molecule has 0 amide bonds. The van der Waals surface area contributed by atoms with E-state index in [-0.39, 0.29) is 0 Å². The Kier molecular flexibility index (Phi) is 3.20. The maximum Gasteiger partial charge on any atom is 0.137 e. The van der Waals surface area contributed by atoms with E-state index >= 15 is 0 Å². The Hall–Kier alpha value is -1.16. The average Bonchev–Trinajstić information content (AvgIpc) is 2.74. The zero-order valence-corrected chi connectivity index (χ0v) is 12.0. The first-order chi connectivity index (χ1) is 8.74. The molecule has 1 unspecified atom stereocenters. The minimum Gasteiger partial charge on any atom is -0.315 e. The molecular formula is C14H16BrN3. The summed E-state index contributed by atoms with van der Waals surface area (Å²) < 4.78 is 3.44. The number of nitrogens with zero attached hydrogens (tertiary/aromatic N) is 3. The molecule has 3 nitrogen and oxygen atoms in total. The Bertz CT molecular complexity index is 562. The van der Waals surface area contributed by atoms with Gasteiger partial charge >= 0.3 is 0 Å². The van der Waals surface area contributed by atoms with Gasteiger partial charge in [0.1, 0.15) is 11.6 Å². The second-order valence-electron chi connectivity index (χ2n) is 5.05. The van der Waals surface area contributed by atoms with Crippen molar-refractivity contribution in [2.24, 2.45) is 5.92 Å². The second kappa shape index (κ2) is 4.84. The summed E-state index contributed by atoms with van der Waals surface area (Å²) in [6.45, 7) is 3.34. The Balaban J connectivity index is 1.88. The highest BCUT2D eigenvalue weighted by molar-refractivity contribution is 9.10. The lowest BCUT2D eigenvalue weighted by Crippen LogP contribution is -2.19. The molecule has 1 aliphatic rings. The summed E-state index contributed by atoms with van der Waals surface area (Å²) in [5.74, 6) is 2.97. The molecule has 0 saturated heterocycles. The first kappa shape index (κ1) is 11.9. The fourth-order valence-electron chi connectivity index (χ4n) is 2.49. The Morgan fingerprint density at radius 1 is 1.33 bits per heavy atom. The molecule has 2 heterocycles. The molecule has 94 valence electrons. The van der Waals surface area contributed by atoms with Gasteiger partial charge in [0.15, 0.2) is 0 Å². The van der Waals surface area contributed by atoms with Gasteiger partial charge in [-0.3, -0.25) is 0 Å². The van der Waals surface area contributed by atoms with Crippen LogP contribution in [0, 0.1) is 5.92 Å². The van der Waals surface area contributed by atoms with Gasteiger partial charge < -0.3 is 4.57 Å². The molecule has 0 spiro atoms.